The van der Waals surface area contributed by atoms with E-state index in [1.54, 1.807) is 0 Å². The minimum Gasteiger partial charge on any atom is -0.328 e. The molecule has 3 heteroatoms. The van der Waals surface area contributed by atoms with Crippen molar-refractivity contribution in [1.29, 1.82) is 0 Å². The quantitative estimate of drug-likeness (QED) is 0.603. The predicted molar refractivity (Wildman–Crippen MR) is 70.4 cm³/mol. The fourth-order valence-electron chi connectivity index (χ4n) is 0.937. The zero-order valence-corrected chi connectivity index (χ0v) is 11.4. The van der Waals surface area contributed by atoms with Crippen molar-refractivity contribution < 1.29 is 0 Å². The largest absolute Gasteiger partial charge is 0.328 e. The Hall–Kier alpha value is -0.803. The van der Waals surface area contributed by atoms with Crippen molar-refractivity contribution in [3.63, 3.8) is 0 Å². The second-order valence-electron chi connectivity index (χ2n) is 5.49. The number of hydrogen-bond donors (Lipinski definition) is 2. The summed E-state index contributed by atoms with van der Waals surface area (Å²) >= 11 is 0. The number of hydrazine groups is 1. The maximum atomic E-state index is 3.50. The van der Waals surface area contributed by atoms with Crippen molar-refractivity contribution in [2.24, 2.45) is 0 Å². The van der Waals surface area contributed by atoms with Crippen LogP contribution in [0.5, 0.6) is 0 Å². The highest BCUT2D eigenvalue weighted by Crippen LogP contribution is 2.33. The Morgan fingerprint density at radius 2 is 1.53 bits per heavy atom. The molecule has 0 aliphatic rings. The molecule has 0 spiro atoms. The van der Waals surface area contributed by atoms with Gasteiger partial charge in [-0.3, -0.25) is 5.09 Å². The molecule has 0 fully saturated rings. The molecular weight excluding hydrogens is 200 g/mol. The van der Waals surface area contributed by atoms with Gasteiger partial charge in [-0.15, -0.1) is 0 Å². The van der Waals surface area contributed by atoms with Crippen LogP contribution in [0.25, 0.3) is 0 Å². The van der Waals surface area contributed by atoms with Crippen LogP contribution in [0.1, 0.15) is 20.8 Å². The van der Waals surface area contributed by atoms with Crippen LogP contribution >= 0.6 is 0 Å². The van der Waals surface area contributed by atoms with Gasteiger partial charge in [-0.1, -0.05) is 52.1 Å². The summed E-state index contributed by atoms with van der Waals surface area (Å²) in [5.74, 6) is 0. The zero-order valence-electron chi connectivity index (χ0n) is 10.4. The van der Waals surface area contributed by atoms with Crippen LogP contribution in [0.4, 0.5) is 5.69 Å². The molecule has 0 atom stereocenters. The van der Waals surface area contributed by atoms with Gasteiger partial charge in [0.25, 0.3) is 0 Å². The lowest BCUT2D eigenvalue weighted by molar-refractivity contribution is 0.700. The summed E-state index contributed by atoms with van der Waals surface area (Å²) in [5, 5.41) is 3.85. The monoisotopic (exact) mass is 222 g/mol. The fourth-order valence-corrected chi connectivity index (χ4v) is 1.77. The van der Waals surface area contributed by atoms with Crippen LogP contribution in [0.2, 0.25) is 18.1 Å². The second kappa shape index (κ2) is 4.37. The summed E-state index contributed by atoms with van der Waals surface area (Å²) in [5.41, 5.74) is 4.43. The van der Waals surface area contributed by atoms with E-state index in [4.69, 9.17) is 0 Å². The third-order valence-corrected chi connectivity index (χ3v) is 7.67. The molecule has 2 N–H and O–H groups in total. The lowest BCUT2D eigenvalue weighted by Gasteiger charge is -2.37. The standard InChI is InChI=1S/C12H22N2Si/c1-12(2,3)15(4,5)14-13-11-9-7-6-8-10-11/h6-10,13-14H,1-5H3. The van der Waals surface area contributed by atoms with Gasteiger partial charge in [0.05, 0.1) is 0 Å². The van der Waals surface area contributed by atoms with Crippen LogP contribution in [-0.2, 0) is 0 Å². The molecule has 1 aromatic carbocycles. The third kappa shape index (κ3) is 3.36. The van der Waals surface area contributed by atoms with Gasteiger partial charge in [0.2, 0.25) is 0 Å². The van der Waals surface area contributed by atoms with Gasteiger partial charge in [-0.05, 0) is 17.2 Å². The molecule has 0 aliphatic heterocycles. The normalized spacial score (nSPS) is 12.6. The molecule has 1 aromatic rings. The highest BCUT2D eigenvalue weighted by atomic mass is 28.3. The molecule has 0 aromatic heterocycles. The molecule has 0 saturated heterocycles. The Bertz CT molecular complexity index is 301. The first-order valence-electron chi connectivity index (χ1n) is 5.41. The van der Waals surface area contributed by atoms with Gasteiger partial charge < -0.3 is 5.43 Å². The average Bonchev–Trinajstić information content (AvgIpc) is 2.15. The molecule has 1 rings (SSSR count). The Kier molecular flexibility index (Phi) is 3.57. The predicted octanol–water partition coefficient (Wildman–Crippen LogP) is 3.61. The van der Waals surface area contributed by atoms with Gasteiger partial charge in [0.1, 0.15) is 8.24 Å². The SMILES string of the molecule is CC(C)(C)[Si](C)(C)NNc1ccccc1. The van der Waals surface area contributed by atoms with E-state index in [0.29, 0.717) is 5.04 Å². The molecule has 84 valence electrons. The summed E-state index contributed by atoms with van der Waals surface area (Å²) in [4.78, 5) is 0. The lowest BCUT2D eigenvalue weighted by atomic mass is 10.2. The maximum absolute atomic E-state index is 3.50. The Morgan fingerprint density at radius 3 is 2.00 bits per heavy atom. The van der Waals surface area contributed by atoms with Crippen molar-refractivity contribution in [1.82, 2.24) is 5.09 Å². The van der Waals surface area contributed by atoms with Gasteiger partial charge in [0, 0.05) is 5.69 Å². The number of hydrogen-bond acceptors (Lipinski definition) is 2. The number of rotatable bonds is 3. The van der Waals surface area contributed by atoms with Crippen LogP contribution < -0.4 is 10.5 Å². The highest BCUT2D eigenvalue weighted by molar-refractivity contribution is 6.77. The topological polar surface area (TPSA) is 24.1 Å². The Labute approximate surface area is 94.2 Å². The van der Waals surface area contributed by atoms with E-state index in [0.717, 1.165) is 5.69 Å². The van der Waals surface area contributed by atoms with Gasteiger partial charge in [0.15, 0.2) is 0 Å². The molecule has 0 aliphatic carbocycles. The maximum Gasteiger partial charge on any atom is 0.147 e. The summed E-state index contributed by atoms with van der Waals surface area (Å²) in [6.07, 6.45) is 0. The molecule has 0 saturated carbocycles. The van der Waals surface area contributed by atoms with Gasteiger partial charge >= 0.3 is 0 Å². The van der Waals surface area contributed by atoms with E-state index in [2.05, 4.69) is 56.5 Å². The first-order valence-corrected chi connectivity index (χ1v) is 8.41. The van der Waals surface area contributed by atoms with Crippen molar-refractivity contribution in [2.75, 3.05) is 5.43 Å². The van der Waals surface area contributed by atoms with E-state index < -0.39 is 8.24 Å². The Balaban J connectivity index is 2.58. The van der Waals surface area contributed by atoms with Gasteiger partial charge in [-0.2, -0.15) is 0 Å². The van der Waals surface area contributed by atoms with Crippen molar-refractivity contribution in [2.45, 2.75) is 38.9 Å². The molecule has 0 amide bonds. The van der Waals surface area contributed by atoms with E-state index >= 15 is 0 Å². The van der Waals surface area contributed by atoms with E-state index in [-0.39, 0.29) is 0 Å². The third-order valence-electron chi connectivity index (χ3n) is 3.17. The van der Waals surface area contributed by atoms with Gasteiger partial charge in [-0.25, -0.2) is 0 Å². The Morgan fingerprint density at radius 1 is 1.00 bits per heavy atom. The minimum atomic E-state index is -1.45. The molecule has 0 heterocycles. The first kappa shape index (κ1) is 12.3. The molecule has 0 bridgehead atoms. The summed E-state index contributed by atoms with van der Waals surface area (Å²) < 4.78 is 0. The molecule has 15 heavy (non-hydrogen) atoms. The molecule has 0 radical (unpaired) electrons. The average molecular weight is 222 g/mol. The number of nitrogens with one attached hydrogen (secondary N) is 2. The number of anilines is 1. The van der Waals surface area contributed by atoms with Crippen LogP contribution in [0, 0.1) is 0 Å². The molecule has 0 unspecified atom stereocenters. The number of para-hydroxylation sites is 1. The van der Waals surface area contributed by atoms with E-state index in [1.165, 1.54) is 0 Å². The van der Waals surface area contributed by atoms with Crippen LogP contribution in [0.3, 0.4) is 0 Å². The van der Waals surface area contributed by atoms with Crippen molar-refractivity contribution in [3.05, 3.63) is 30.3 Å². The van der Waals surface area contributed by atoms with E-state index in [1.807, 2.05) is 18.2 Å². The number of benzene rings is 1. The van der Waals surface area contributed by atoms with E-state index in [9.17, 15) is 0 Å². The van der Waals surface area contributed by atoms with Crippen LogP contribution in [-0.4, -0.2) is 8.24 Å². The molecular formula is C12H22N2Si. The zero-order chi connectivity index (χ0) is 11.5. The van der Waals surface area contributed by atoms with Crippen molar-refractivity contribution in [3.8, 4) is 0 Å². The smallest absolute Gasteiger partial charge is 0.147 e. The fraction of sp³-hybridized carbons (Fsp3) is 0.500. The molecule has 2 nitrogen and oxygen atoms in total. The summed E-state index contributed by atoms with van der Waals surface area (Å²) in [7, 11) is -1.45. The summed E-state index contributed by atoms with van der Waals surface area (Å²) in [6.45, 7) is 11.5. The second-order valence-corrected chi connectivity index (χ2v) is 10.5. The summed E-state index contributed by atoms with van der Waals surface area (Å²) in [6, 6.07) is 10.2. The first-order chi connectivity index (χ1) is 6.83. The minimum absolute atomic E-state index is 0.342. The van der Waals surface area contributed by atoms with Crippen LogP contribution in [0.15, 0.2) is 30.3 Å². The van der Waals surface area contributed by atoms with Crippen molar-refractivity contribution >= 4 is 13.9 Å². The lowest BCUT2D eigenvalue weighted by Crippen LogP contribution is -2.54. The highest BCUT2D eigenvalue weighted by Gasteiger charge is 2.35.